The second kappa shape index (κ2) is 12.1. The first-order valence-electron chi connectivity index (χ1n) is 16.4. The number of rotatable bonds is 5. The van der Waals surface area contributed by atoms with Gasteiger partial charge < -0.3 is 0 Å². The van der Waals surface area contributed by atoms with E-state index in [0.717, 1.165) is 63.3 Å². The molecule has 9 rings (SSSR count). The summed E-state index contributed by atoms with van der Waals surface area (Å²) in [6.45, 7) is 0. The summed E-state index contributed by atoms with van der Waals surface area (Å²) in [5.41, 5.74) is 11.9. The van der Waals surface area contributed by atoms with Crippen LogP contribution in [0.5, 0.6) is 0 Å². The molecule has 0 radical (unpaired) electrons. The summed E-state index contributed by atoms with van der Waals surface area (Å²) in [6.07, 6.45) is 2.23. The van der Waals surface area contributed by atoms with Gasteiger partial charge in [-0.3, -0.25) is 0 Å². The third-order valence-electron chi connectivity index (χ3n) is 9.18. The number of aryl methyl sites for hydroxylation is 1. The van der Waals surface area contributed by atoms with Gasteiger partial charge in [-0.15, -0.1) is 0 Å². The molecule has 48 heavy (non-hydrogen) atoms. The normalized spacial score (nSPS) is 12.7. The van der Waals surface area contributed by atoms with Crippen LogP contribution in [0.25, 0.3) is 78.0 Å². The van der Waals surface area contributed by atoms with Crippen molar-refractivity contribution in [1.29, 1.82) is 0 Å². The van der Waals surface area contributed by atoms with Crippen molar-refractivity contribution in [3.8, 4) is 56.3 Å². The quantitative estimate of drug-likeness (QED) is 0.177. The molecule has 3 nitrogen and oxygen atoms in total. The Hall–Kier alpha value is -5.76. The van der Waals surface area contributed by atoms with Crippen molar-refractivity contribution < 1.29 is 0 Å². The predicted molar refractivity (Wildman–Crippen MR) is 203 cm³/mol. The average molecular weight is 632 g/mol. The molecule has 0 fully saturated rings. The third kappa shape index (κ3) is 5.19. The van der Waals surface area contributed by atoms with Crippen molar-refractivity contribution in [3.63, 3.8) is 0 Å². The van der Waals surface area contributed by atoms with Crippen molar-refractivity contribution in [2.45, 2.75) is 12.8 Å². The molecule has 0 N–H and O–H groups in total. The molecule has 226 valence electrons. The van der Waals surface area contributed by atoms with Crippen molar-refractivity contribution in [2.75, 3.05) is 0 Å². The molecule has 0 unspecified atom stereocenters. The summed E-state index contributed by atoms with van der Waals surface area (Å²) in [6, 6.07) is 53.4. The SMILES string of the molecule is C1=Pc2c(ccc3ccc(-c4ccc(-c5cccc(-c6cc(-c7ccccc7)nc(-c7ccccc7)n6)c5)c5ccccc45)nc23)CC1. The van der Waals surface area contributed by atoms with Gasteiger partial charge in [0.25, 0.3) is 0 Å². The third-order valence-corrected chi connectivity index (χ3v) is 10.4. The van der Waals surface area contributed by atoms with Gasteiger partial charge >= 0.3 is 0 Å². The fraction of sp³-hybridized carbons (Fsp3) is 0.0455. The minimum Gasteiger partial charge on any atom is -0.247 e. The fourth-order valence-electron chi connectivity index (χ4n) is 6.78. The smallest absolute Gasteiger partial charge is 0.160 e. The molecule has 0 aliphatic carbocycles. The van der Waals surface area contributed by atoms with Crippen molar-refractivity contribution in [1.82, 2.24) is 15.0 Å². The summed E-state index contributed by atoms with van der Waals surface area (Å²) in [5, 5.41) is 4.96. The van der Waals surface area contributed by atoms with Gasteiger partial charge in [-0.2, -0.15) is 0 Å². The highest BCUT2D eigenvalue weighted by atomic mass is 31.1. The van der Waals surface area contributed by atoms with Gasteiger partial charge in [0.2, 0.25) is 0 Å². The summed E-state index contributed by atoms with van der Waals surface area (Å²) < 4.78 is 0. The first-order chi connectivity index (χ1) is 23.8. The highest BCUT2D eigenvalue weighted by molar-refractivity contribution is 7.48. The molecular weight excluding hydrogens is 601 g/mol. The molecule has 2 aromatic heterocycles. The topological polar surface area (TPSA) is 38.7 Å². The highest BCUT2D eigenvalue weighted by Crippen LogP contribution is 2.37. The second-order valence-electron chi connectivity index (χ2n) is 12.2. The Balaban J connectivity index is 1.16. The molecule has 4 heteroatoms. The van der Waals surface area contributed by atoms with Gasteiger partial charge in [0.15, 0.2) is 5.82 Å². The van der Waals surface area contributed by atoms with Crippen molar-refractivity contribution in [2.24, 2.45) is 0 Å². The lowest BCUT2D eigenvalue weighted by molar-refractivity contribution is 1.07. The fourth-order valence-corrected chi connectivity index (χ4v) is 7.87. The summed E-state index contributed by atoms with van der Waals surface area (Å²) in [5.74, 6) is 3.08. The van der Waals surface area contributed by atoms with Crippen LogP contribution in [0.15, 0.2) is 152 Å². The number of aromatic nitrogens is 3. The Kier molecular flexibility index (Phi) is 7.18. The lowest BCUT2D eigenvalue weighted by Gasteiger charge is -2.15. The zero-order valence-corrected chi connectivity index (χ0v) is 27.1. The Morgan fingerprint density at radius 1 is 0.458 bits per heavy atom. The predicted octanol–water partition coefficient (Wildman–Crippen LogP) is 10.8. The molecule has 0 saturated heterocycles. The van der Waals surface area contributed by atoms with Crippen LogP contribution in [0.3, 0.4) is 0 Å². The van der Waals surface area contributed by atoms with Crippen LogP contribution in [0.4, 0.5) is 0 Å². The number of fused-ring (bicyclic) bond motifs is 4. The molecule has 0 spiro atoms. The van der Waals surface area contributed by atoms with E-state index in [0.29, 0.717) is 5.82 Å². The minimum atomic E-state index is 0.716. The number of benzene rings is 6. The van der Waals surface area contributed by atoms with E-state index in [9.17, 15) is 0 Å². The first-order valence-corrected chi connectivity index (χ1v) is 17.3. The van der Waals surface area contributed by atoms with Crippen LogP contribution in [0.1, 0.15) is 12.0 Å². The lowest BCUT2D eigenvalue weighted by atomic mass is 9.92. The zero-order chi connectivity index (χ0) is 31.9. The average Bonchev–Trinajstić information content (AvgIpc) is 3.18. The van der Waals surface area contributed by atoms with Crippen LogP contribution >= 0.6 is 8.20 Å². The Morgan fingerprint density at radius 3 is 1.92 bits per heavy atom. The van der Waals surface area contributed by atoms with E-state index >= 15 is 0 Å². The molecule has 0 saturated carbocycles. The molecule has 8 aromatic rings. The Labute approximate surface area is 281 Å². The van der Waals surface area contributed by atoms with Crippen LogP contribution in [0.2, 0.25) is 0 Å². The van der Waals surface area contributed by atoms with Crippen molar-refractivity contribution >= 4 is 41.0 Å². The van der Waals surface area contributed by atoms with E-state index in [1.165, 1.54) is 40.8 Å². The summed E-state index contributed by atoms with van der Waals surface area (Å²) >= 11 is 0. The number of hydrogen-bond donors (Lipinski definition) is 0. The Bertz CT molecular complexity index is 2450. The molecule has 3 heterocycles. The monoisotopic (exact) mass is 631 g/mol. The molecule has 6 aromatic carbocycles. The van der Waals surface area contributed by atoms with E-state index < -0.39 is 0 Å². The standard InChI is InChI=1S/C44H30N3P/c1-3-11-29(12-4-1)40-28-41(47-44(46-40)32-13-5-2-6-14-32)34-16-9-15-33(27-34)35-23-24-38(37-19-8-7-18-36(35)37)39-25-22-30-20-21-31-17-10-26-48-43(31)42(30)45-39/h1-9,11-16,18-28H,10,17H2. The van der Waals surface area contributed by atoms with E-state index in [1.54, 1.807) is 0 Å². The van der Waals surface area contributed by atoms with Gasteiger partial charge in [0.1, 0.15) is 0 Å². The first kappa shape index (κ1) is 28.5. The second-order valence-corrected chi connectivity index (χ2v) is 13.2. The molecule has 0 atom stereocenters. The highest BCUT2D eigenvalue weighted by Gasteiger charge is 2.16. The van der Waals surface area contributed by atoms with Gasteiger partial charge in [-0.05, 0) is 58.5 Å². The zero-order valence-electron chi connectivity index (χ0n) is 26.2. The van der Waals surface area contributed by atoms with Crippen LogP contribution in [-0.4, -0.2) is 20.7 Å². The van der Waals surface area contributed by atoms with Gasteiger partial charge in [0, 0.05) is 32.9 Å². The van der Waals surface area contributed by atoms with Gasteiger partial charge in [-0.1, -0.05) is 147 Å². The molecular formula is C44H30N3P. The maximum absolute atomic E-state index is 5.29. The van der Waals surface area contributed by atoms with Crippen LogP contribution in [0, 0.1) is 0 Å². The van der Waals surface area contributed by atoms with E-state index in [-0.39, 0.29) is 0 Å². The maximum Gasteiger partial charge on any atom is 0.160 e. The minimum absolute atomic E-state index is 0.716. The van der Waals surface area contributed by atoms with Crippen molar-refractivity contribution in [3.05, 3.63) is 157 Å². The van der Waals surface area contributed by atoms with Crippen LogP contribution in [-0.2, 0) is 6.42 Å². The molecule has 0 bridgehead atoms. The van der Waals surface area contributed by atoms with E-state index in [2.05, 4.69) is 121 Å². The summed E-state index contributed by atoms with van der Waals surface area (Å²) in [4.78, 5) is 15.4. The maximum atomic E-state index is 5.29. The number of nitrogens with zero attached hydrogens (tertiary/aromatic N) is 3. The van der Waals surface area contributed by atoms with Gasteiger partial charge in [0.05, 0.1) is 22.6 Å². The number of pyridine rings is 1. The van der Waals surface area contributed by atoms with Gasteiger partial charge in [-0.25, -0.2) is 15.0 Å². The van der Waals surface area contributed by atoms with E-state index in [4.69, 9.17) is 15.0 Å². The Morgan fingerprint density at radius 2 is 1.10 bits per heavy atom. The van der Waals surface area contributed by atoms with E-state index in [1.807, 2.05) is 36.4 Å². The molecule has 0 amide bonds. The van der Waals surface area contributed by atoms with Crippen LogP contribution < -0.4 is 5.30 Å². The largest absolute Gasteiger partial charge is 0.247 e. The molecule has 1 aliphatic rings. The number of hydrogen-bond acceptors (Lipinski definition) is 3. The lowest BCUT2D eigenvalue weighted by Crippen LogP contribution is -2.10. The summed E-state index contributed by atoms with van der Waals surface area (Å²) in [7, 11) is 1.27. The molecule has 1 aliphatic heterocycles.